The molecule has 114 valence electrons. The van der Waals surface area contributed by atoms with Crippen molar-refractivity contribution in [2.75, 3.05) is 0 Å². The largest absolute Gasteiger partial charge is 0.355 e. The molecule has 1 aromatic heterocycles. The average Bonchev–Trinajstić information content (AvgIpc) is 2.97. The van der Waals surface area contributed by atoms with Crippen LogP contribution in [-0.4, -0.2) is 16.7 Å². The van der Waals surface area contributed by atoms with Gasteiger partial charge in [0.15, 0.2) is 5.78 Å². The second-order valence-corrected chi connectivity index (χ2v) is 5.28. The molecule has 0 saturated heterocycles. The summed E-state index contributed by atoms with van der Waals surface area (Å²) < 4.78 is 27.1. The fourth-order valence-electron chi connectivity index (χ4n) is 2.79. The van der Waals surface area contributed by atoms with Crippen LogP contribution >= 0.6 is 0 Å². The van der Waals surface area contributed by atoms with E-state index in [0.29, 0.717) is 35.4 Å². The van der Waals surface area contributed by atoms with Gasteiger partial charge in [-0.3, -0.25) is 9.59 Å². The highest BCUT2D eigenvalue weighted by atomic mass is 19.1. The summed E-state index contributed by atoms with van der Waals surface area (Å²) in [4.78, 5) is 26.9. The van der Waals surface area contributed by atoms with Crippen LogP contribution in [0.2, 0.25) is 0 Å². The summed E-state index contributed by atoms with van der Waals surface area (Å²) in [6.07, 6.45) is 0.888. The number of carbonyl (C=O) groups is 2. The maximum atomic E-state index is 13.6. The quantitative estimate of drug-likeness (QED) is 0.915. The molecule has 0 saturated carbocycles. The first kappa shape index (κ1) is 14.4. The zero-order chi connectivity index (χ0) is 15.9. The van der Waals surface area contributed by atoms with E-state index in [9.17, 15) is 18.4 Å². The number of H-pyrrole nitrogens is 1. The van der Waals surface area contributed by atoms with Crippen molar-refractivity contribution in [2.24, 2.45) is 0 Å². The number of nitrogens with one attached hydrogen (secondary N) is 2. The maximum absolute atomic E-state index is 13.6. The summed E-state index contributed by atoms with van der Waals surface area (Å²) in [5.74, 6) is -1.86. The topological polar surface area (TPSA) is 62.0 Å². The first-order chi connectivity index (χ1) is 10.5. The highest BCUT2D eigenvalue weighted by molar-refractivity contribution is 6.05. The average molecular weight is 304 g/mol. The Morgan fingerprint density at radius 3 is 2.64 bits per heavy atom. The van der Waals surface area contributed by atoms with E-state index in [1.807, 2.05) is 0 Å². The predicted molar refractivity (Wildman–Crippen MR) is 75.7 cm³/mol. The van der Waals surface area contributed by atoms with Crippen LogP contribution in [0, 0.1) is 18.6 Å². The van der Waals surface area contributed by atoms with Crippen LogP contribution in [0.5, 0.6) is 0 Å². The SMILES string of the molecule is Cc1[nH]c2c(c1C(=O)NCc1c(F)cccc1F)CCC2=O. The van der Waals surface area contributed by atoms with E-state index in [-0.39, 0.29) is 17.9 Å². The number of benzene rings is 1. The highest BCUT2D eigenvalue weighted by Gasteiger charge is 2.29. The lowest BCUT2D eigenvalue weighted by Crippen LogP contribution is -2.25. The van der Waals surface area contributed by atoms with Gasteiger partial charge >= 0.3 is 0 Å². The van der Waals surface area contributed by atoms with Gasteiger partial charge in [0.05, 0.1) is 11.3 Å². The van der Waals surface area contributed by atoms with Crippen molar-refractivity contribution in [3.63, 3.8) is 0 Å². The van der Waals surface area contributed by atoms with E-state index in [1.54, 1.807) is 6.92 Å². The number of carbonyl (C=O) groups excluding carboxylic acids is 2. The molecule has 4 nitrogen and oxygen atoms in total. The van der Waals surface area contributed by atoms with Gasteiger partial charge in [0, 0.05) is 24.2 Å². The molecular weight excluding hydrogens is 290 g/mol. The van der Waals surface area contributed by atoms with Crippen molar-refractivity contribution in [1.29, 1.82) is 0 Å². The van der Waals surface area contributed by atoms with E-state index in [0.717, 1.165) is 12.1 Å². The van der Waals surface area contributed by atoms with Crippen LogP contribution in [0.3, 0.4) is 0 Å². The van der Waals surface area contributed by atoms with Gasteiger partial charge in [-0.2, -0.15) is 0 Å². The fraction of sp³-hybridized carbons (Fsp3) is 0.250. The molecule has 22 heavy (non-hydrogen) atoms. The summed E-state index contributed by atoms with van der Waals surface area (Å²) in [5, 5.41) is 2.52. The lowest BCUT2D eigenvalue weighted by atomic mass is 10.1. The zero-order valence-corrected chi connectivity index (χ0v) is 11.9. The molecule has 6 heteroatoms. The third-order valence-corrected chi connectivity index (χ3v) is 3.89. The molecule has 1 aromatic carbocycles. The molecule has 1 heterocycles. The van der Waals surface area contributed by atoms with Gasteiger partial charge in [-0.1, -0.05) is 6.07 Å². The molecule has 0 aliphatic heterocycles. The summed E-state index contributed by atoms with van der Waals surface area (Å²) in [5.41, 5.74) is 1.97. The number of fused-ring (bicyclic) bond motifs is 1. The van der Waals surface area contributed by atoms with Gasteiger partial charge < -0.3 is 10.3 Å². The second kappa shape index (κ2) is 5.36. The van der Waals surface area contributed by atoms with Crippen molar-refractivity contribution in [3.8, 4) is 0 Å². The second-order valence-electron chi connectivity index (χ2n) is 5.28. The Bertz CT molecular complexity index is 760. The number of rotatable bonds is 3. The van der Waals surface area contributed by atoms with Crippen LogP contribution in [0.1, 0.15) is 44.1 Å². The van der Waals surface area contributed by atoms with Gasteiger partial charge in [-0.15, -0.1) is 0 Å². The number of aromatic nitrogens is 1. The zero-order valence-electron chi connectivity index (χ0n) is 11.9. The summed E-state index contributed by atoms with van der Waals surface area (Å²) in [6, 6.07) is 3.55. The molecule has 1 amide bonds. The molecule has 0 fully saturated rings. The van der Waals surface area contributed by atoms with Crippen LogP contribution < -0.4 is 5.32 Å². The van der Waals surface area contributed by atoms with Crippen LogP contribution in [0.15, 0.2) is 18.2 Å². The Labute approximate surface area is 125 Å². The van der Waals surface area contributed by atoms with Crippen molar-refractivity contribution in [1.82, 2.24) is 10.3 Å². The molecule has 0 atom stereocenters. The van der Waals surface area contributed by atoms with Gasteiger partial charge in [0.1, 0.15) is 11.6 Å². The van der Waals surface area contributed by atoms with Crippen molar-refractivity contribution >= 4 is 11.7 Å². The van der Waals surface area contributed by atoms with Gasteiger partial charge in [-0.25, -0.2) is 8.78 Å². The number of aromatic amines is 1. The normalized spacial score (nSPS) is 13.3. The number of hydrogen-bond donors (Lipinski definition) is 2. The standard InChI is InChI=1S/C16H14F2N2O2/c1-8-14(9-5-6-13(21)15(9)20-8)16(22)19-7-10-11(17)3-2-4-12(10)18/h2-4,20H,5-7H2,1H3,(H,19,22). The lowest BCUT2D eigenvalue weighted by Gasteiger charge is -2.08. The fourth-order valence-corrected chi connectivity index (χ4v) is 2.79. The molecule has 1 aliphatic carbocycles. The number of Topliss-reactive ketones (excluding diaryl/α,β-unsaturated/α-hetero) is 1. The molecule has 0 unspecified atom stereocenters. The molecule has 0 bridgehead atoms. The Morgan fingerprint density at radius 2 is 1.95 bits per heavy atom. The maximum Gasteiger partial charge on any atom is 0.253 e. The Morgan fingerprint density at radius 1 is 1.27 bits per heavy atom. The summed E-state index contributed by atoms with van der Waals surface area (Å²) in [6.45, 7) is 1.45. The minimum atomic E-state index is -0.702. The monoisotopic (exact) mass is 304 g/mol. The molecule has 0 spiro atoms. The Hall–Kier alpha value is -2.50. The molecule has 2 aromatic rings. The number of halogens is 2. The molecule has 0 radical (unpaired) electrons. The van der Waals surface area contributed by atoms with Gasteiger partial charge in [0.2, 0.25) is 0 Å². The van der Waals surface area contributed by atoms with E-state index >= 15 is 0 Å². The Balaban J connectivity index is 1.82. The minimum absolute atomic E-state index is 0.0164. The molecule has 3 rings (SSSR count). The summed E-state index contributed by atoms with van der Waals surface area (Å²) >= 11 is 0. The van der Waals surface area contributed by atoms with Crippen LogP contribution in [-0.2, 0) is 13.0 Å². The first-order valence-electron chi connectivity index (χ1n) is 6.94. The van der Waals surface area contributed by atoms with Crippen LogP contribution in [0.25, 0.3) is 0 Å². The van der Waals surface area contributed by atoms with E-state index in [1.165, 1.54) is 6.07 Å². The number of aryl methyl sites for hydroxylation is 1. The third kappa shape index (κ3) is 2.30. The van der Waals surface area contributed by atoms with E-state index in [4.69, 9.17) is 0 Å². The van der Waals surface area contributed by atoms with Gasteiger partial charge in [-0.05, 0) is 31.0 Å². The smallest absolute Gasteiger partial charge is 0.253 e. The summed E-state index contributed by atoms with van der Waals surface area (Å²) in [7, 11) is 0. The molecule has 2 N–H and O–H groups in total. The van der Waals surface area contributed by atoms with E-state index < -0.39 is 17.5 Å². The van der Waals surface area contributed by atoms with Crippen molar-refractivity contribution < 1.29 is 18.4 Å². The highest BCUT2D eigenvalue weighted by Crippen LogP contribution is 2.27. The lowest BCUT2D eigenvalue weighted by molar-refractivity contribution is 0.0947. The Kier molecular flexibility index (Phi) is 3.52. The molecular formula is C16H14F2N2O2. The van der Waals surface area contributed by atoms with Crippen LogP contribution in [0.4, 0.5) is 8.78 Å². The van der Waals surface area contributed by atoms with Gasteiger partial charge in [0.25, 0.3) is 5.91 Å². The van der Waals surface area contributed by atoms with E-state index in [2.05, 4.69) is 10.3 Å². The number of amides is 1. The molecule has 1 aliphatic rings. The third-order valence-electron chi connectivity index (χ3n) is 3.89. The number of hydrogen-bond acceptors (Lipinski definition) is 2. The minimum Gasteiger partial charge on any atom is -0.355 e. The first-order valence-corrected chi connectivity index (χ1v) is 6.94. The predicted octanol–water partition coefficient (Wildman–Crippen LogP) is 2.66. The number of ketones is 1. The van der Waals surface area contributed by atoms with Crippen molar-refractivity contribution in [3.05, 3.63) is 57.9 Å². The van der Waals surface area contributed by atoms with Crippen molar-refractivity contribution in [2.45, 2.75) is 26.3 Å².